The molecule has 1 aliphatic heterocycles. The fraction of sp³-hybridized carbons (Fsp3) is 0.294. The molecule has 2 unspecified atom stereocenters. The van der Waals surface area contributed by atoms with Crippen LogP contribution in [0, 0.1) is 29.9 Å². The standard InChI is InChI=1S/C17H15F2N3O/c1-10-4-5-21-17(13(10)8-20)22-9-12(23)7-16(22)11-2-3-14(18)15(19)6-11/h2-6,12,16,23H,7,9H2,1H3. The van der Waals surface area contributed by atoms with Gasteiger partial charge in [-0.05, 0) is 42.7 Å². The Hall–Kier alpha value is -2.52. The number of pyridine rings is 1. The van der Waals surface area contributed by atoms with Gasteiger partial charge in [0, 0.05) is 12.7 Å². The van der Waals surface area contributed by atoms with Gasteiger partial charge in [0.25, 0.3) is 0 Å². The van der Waals surface area contributed by atoms with Crippen LogP contribution in [-0.2, 0) is 0 Å². The second kappa shape index (κ2) is 5.94. The summed E-state index contributed by atoms with van der Waals surface area (Å²) in [5.41, 5.74) is 1.75. The second-order valence-electron chi connectivity index (χ2n) is 5.67. The highest BCUT2D eigenvalue weighted by Gasteiger charge is 2.34. The molecule has 0 spiro atoms. The molecule has 1 N–H and O–H groups in total. The van der Waals surface area contributed by atoms with Crippen LogP contribution in [0.25, 0.3) is 0 Å². The molecule has 4 nitrogen and oxygen atoms in total. The van der Waals surface area contributed by atoms with E-state index in [2.05, 4.69) is 11.1 Å². The van der Waals surface area contributed by atoms with E-state index in [9.17, 15) is 19.1 Å². The lowest BCUT2D eigenvalue weighted by Gasteiger charge is -2.27. The molecule has 6 heteroatoms. The Balaban J connectivity index is 2.06. The number of nitrogens with zero attached hydrogens (tertiary/aromatic N) is 3. The molecule has 2 heterocycles. The van der Waals surface area contributed by atoms with Gasteiger partial charge in [-0.15, -0.1) is 0 Å². The number of benzene rings is 1. The molecule has 23 heavy (non-hydrogen) atoms. The normalized spacial score (nSPS) is 20.6. The Morgan fingerprint density at radius 1 is 1.30 bits per heavy atom. The number of hydrogen-bond acceptors (Lipinski definition) is 4. The van der Waals surface area contributed by atoms with Gasteiger partial charge in [-0.3, -0.25) is 0 Å². The average molecular weight is 315 g/mol. The van der Waals surface area contributed by atoms with Gasteiger partial charge < -0.3 is 10.0 Å². The van der Waals surface area contributed by atoms with Crippen LogP contribution in [-0.4, -0.2) is 22.7 Å². The van der Waals surface area contributed by atoms with Crippen molar-refractivity contribution < 1.29 is 13.9 Å². The summed E-state index contributed by atoms with van der Waals surface area (Å²) in [6, 6.07) is 7.21. The van der Waals surface area contributed by atoms with E-state index in [1.807, 2.05) is 6.92 Å². The first kappa shape index (κ1) is 15.4. The molecule has 0 aliphatic carbocycles. The number of aromatic nitrogens is 1. The smallest absolute Gasteiger partial charge is 0.159 e. The van der Waals surface area contributed by atoms with Crippen molar-refractivity contribution in [2.45, 2.75) is 25.5 Å². The third-order valence-corrected chi connectivity index (χ3v) is 4.13. The molecule has 1 aliphatic rings. The van der Waals surface area contributed by atoms with E-state index < -0.39 is 17.7 Å². The Morgan fingerprint density at radius 3 is 2.78 bits per heavy atom. The first-order chi connectivity index (χ1) is 11.0. The van der Waals surface area contributed by atoms with Crippen LogP contribution >= 0.6 is 0 Å². The summed E-state index contributed by atoms with van der Waals surface area (Å²) in [6.45, 7) is 2.09. The van der Waals surface area contributed by atoms with Gasteiger partial charge in [-0.1, -0.05) is 6.07 Å². The molecule has 2 aromatic rings. The van der Waals surface area contributed by atoms with Crippen molar-refractivity contribution >= 4 is 5.82 Å². The van der Waals surface area contributed by atoms with Gasteiger partial charge in [0.15, 0.2) is 11.6 Å². The third-order valence-electron chi connectivity index (χ3n) is 4.13. The number of hydrogen-bond donors (Lipinski definition) is 1. The summed E-state index contributed by atoms with van der Waals surface area (Å²) in [6.07, 6.45) is 1.34. The zero-order chi connectivity index (χ0) is 16.6. The number of anilines is 1. The van der Waals surface area contributed by atoms with E-state index in [1.165, 1.54) is 6.07 Å². The largest absolute Gasteiger partial charge is 0.391 e. The first-order valence-corrected chi connectivity index (χ1v) is 7.26. The minimum absolute atomic E-state index is 0.287. The molecule has 1 saturated heterocycles. The zero-order valence-electron chi connectivity index (χ0n) is 12.5. The summed E-state index contributed by atoms with van der Waals surface area (Å²) in [7, 11) is 0. The van der Waals surface area contributed by atoms with Gasteiger partial charge in [0.1, 0.15) is 11.9 Å². The first-order valence-electron chi connectivity index (χ1n) is 7.26. The van der Waals surface area contributed by atoms with Crippen LogP contribution in [0.3, 0.4) is 0 Å². The molecule has 1 fully saturated rings. The monoisotopic (exact) mass is 315 g/mol. The zero-order valence-corrected chi connectivity index (χ0v) is 12.5. The third kappa shape index (κ3) is 2.76. The fourth-order valence-electron chi connectivity index (χ4n) is 2.98. The van der Waals surface area contributed by atoms with Crippen LogP contribution in [0.4, 0.5) is 14.6 Å². The van der Waals surface area contributed by atoms with Crippen LogP contribution < -0.4 is 4.90 Å². The Labute approximate surface area is 132 Å². The summed E-state index contributed by atoms with van der Waals surface area (Å²) < 4.78 is 26.7. The van der Waals surface area contributed by atoms with Gasteiger partial charge >= 0.3 is 0 Å². The van der Waals surface area contributed by atoms with Crippen molar-refractivity contribution in [1.29, 1.82) is 5.26 Å². The number of aliphatic hydroxyl groups is 1. The molecular weight excluding hydrogens is 300 g/mol. The van der Waals surface area contributed by atoms with Gasteiger partial charge in [-0.25, -0.2) is 13.8 Å². The highest BCUT2D eigenvalue weighted by Crippen LogP contribution is 2.37. The van der Waals surface area contributed by atoms with Crippen LogP contribution in [0.15, 0.2) is 30.5 Å². The van der Waals surface area contributed by atoms with Crippen LogP contribution in [0.5, 0.6) is 0 Å². The average Bonchev–Trinajstić information content (AvgIpc) is 2.91. The molecule has 1 aromatic carbocycles. The molecule has 0 bridgehead atoms. The summed E-state index contributed by atoms with van der Waals surface area (Å²) in [4.78, 5) is 6.05. The summed E-state index contributed by atoms with van der Waals surface area (Å²) in [5.74, 6) is -1.38. The maximum Gasteiger partial charge on any atom is 0.159 e. The van der Waals surface area contributed by atoms with Crippen LogP contribution in [0.1, 0.15) is 29.2 Å². The number of aliphatic hydroxyl groups excluding tert-OH is 1. The SMILES string of the molecule is Cc1ccnc(N2CC(O)CC2c2ccc(F)c(F)c2)c1C#N. The fourth-order valence-corrected chi connectivity index (χ4v) is 2.98. The molecule has 2 atom stereocenters. The predicted octanol–water partition coefficient (Wildman–Crippen LogP) is 2.85. The minimum Gasteiger partial charge on any atom is -0.391 e. The van der Waals surface area contributed by atoms with Gasteiger partial charge in [0.2, 0.25) is 0 Å². The van der Waals surface area contributed by atoms with E-state index in [1.54, 1.807) is 17.2 Å². The van der Waals surface area contributed by atoms with Crippen molar-refractivity contribution in [2.24, 2.45) is 0 Å². The van der Waals surface area contributed by atoms with Crippen molar-refractivity contribution in [1.82, 2.24) is 4.98 Å². The molecule has 0 saturated carbocycles. The van der Waals surface area contributed by atoms with E-state index in [0.29, 0.717) is 23.4 Å². The van der Waals surface area contributed by atoms with Crippen molar-refractivity contribution in [2.75, 3.05) is 11.4 Å². The van der Waals surface area contributed by atoms with Crippen molar-refractivity contribution in [3.8, 4) is 6.07 Å². The Bertz CT molecular complexity index is 788. The van der Waals surface area contributed by atoms with Crippen molar-refractivity contribution in [3.05, 3.63) is 58.8 Å². The minimum atomic E-state index is -0.929. The summed E-state index contributed by atoms with van der Waals surface area (Å²) in [5, 5.41) is 19.4. The highest BCUT2D eigenvalue weighted by atomic mass is 19.2. The van der Waals surface area contributed by atoms with E-state index in [0.717, 1.165) is 17.7 Å². The number of nitriles is 1. The lowest BCUT2D eigenvalue weighted by atomic mass is 10.0. The molecular formula is C17H15F2N3O. The van der Waals surface area contributed by atoms with Gasteiger partial charge in [0.05, 0.1) is 17.7 Å². The quantitative estimate of drug-likeness (QED) is 0.926. The lowest BCUT2D eigenvalue weighted by Crippen LogP contribution is -2.26. The van der Waals surface area contributed by atoms with E-state index in [4.69, 9.17) is 0 Å². The molecule has 0 radical (unpaired) electrons. The maximum absolute atomic E-state index is 13.5. The van der Waals surface area contributed by atoms with E-state index in [-0.39, 0.29) is 12.6 Å². The van der Waals surface area contributed by atoms with Crippen LogP contribution in [0.2, 0.25) is 0 Å². The van der Waals surface area contributed by atoms with Gasteiger partial charge in [-0.2, -0.15) is 5.26 Å². The topological polar surface area (TPSA) is 60.1 Å². The molecule has 118 valence electrons. The Morgan fingerprint density at radius 2 is 2.09 bits per heavy atom. The number of β-amino-alcohol motifs (C(OH)–C–C–N with tert-alkyl or cyclic N) is 1. The second-order valence-corrected chi connectivity index (χ2v) is 5.67. The lowest BCUT2D eigenvalue weighted by molar-refractivity contribution is 0.194. The summed E-state index contributed by atoms with van der Waals surface area (Å²) >= 11 is 0. The molecule has 3 rings (SSSR count). The predicted molar refractivity (Wildman–Crippen MR) is 80.8 cm³/mol. The maximum atomic E-state index is 13.5. The number of rotatable bonds is 2. The Kier molecular flexibility index (Phi) is 3.97. The molecule has 1 aromatic heterocycles. The number of halogens is 2. The highest BCUT2D eigenvalue weighted by molar-refractivity contribution is 5.59. The molecule has 0 amide bonds. The van der Waals surface area contributed by atoms with E-state index >= 15 is 0 Å². The van der Waals surface area contributed by atoms with Crippen molar-refractivity contribution in [3.63, 3.8) is 0 Å². The number of aryl methyl sites for hydroxylation is 1.